The topological polar surface area (TPSA) is 48.1 Å². The van der Waals surface area contributed by atoms with Crippen LogP contribution in [0.3, 0.4) is 0 Å². The van der Waals surface area contributed by atoms with Crippen molar-refractivity contribution < 1.29 is 4.74 Å². The van der Waals surface area contributed by atoms with Gasteiger partial charge < -0.3 is 10.5 Å². The van der Waals surface area contributed by atoms with Gasteiger partial charge in [0.15, 0.2) is 0 Å². The summed E-state index contributed by atoms with van der Waals surface area (Å²) in [6, 6.07) is 16.2. The first-order valence-electron chi connectivity index (χ1n) is 6.61. The molecule has 1 heterocycles. The average Bonchev–Trinajstić information content (AvgIpc) is 2.89. The second kappa shape index (κ2) is 6.03. The minimum Gasteiger partial charge on any atom is -0.486 e. The van der Waals surface area contributed by atoms with E-state index in [9.17, 15) is 0 Å². The number of aromatic nitrogens is 1. The van der Waals surface area contributed by atoms with E-state index in [-0.39, 0.29) is 0 Å². The molecule has 3 rings (SSSR count). The Balaban J connectivity index is 1.71. The Labute approximate surface area is 122 Å². The maximum atomic E-state index is 5.82. The molecule has 1 aromatic heterocycles. The van der Waals surface area contributed by atoms with Crippen LogP contribution in [0, 0.1) is 0 Å². The standard InChI is InChI=1S/C16H16N2OS/c17-9-8-12-4-3-5-13(10-12)19-11-16-18-14-6-1-2-7-15(14)20-16/h1-7,10H,8-9,11,17H2. The second-order valence-electron chi connectivity index (χ2n) is 4.55. The molecule has 2 N–H and O–H groups in total. The van der Waals surface area contributed by atoms with Gasteiger partial charge in [-0.25, -0.2) is 4.98 Å². The summed E-state index contributed by atoms with van der Waals surface area (Å²) in [6.45, 7) is 1.16. The summed E-state index contributed by atoms with van der Waals surface area (Å²) in [5.74, 6) is 0.871. The van der Waals surface area contributed by atoms with Crippen molar-refractivity contribution in [1.29, 1.82) is 0 Å². The number of rotatable bonds is 5. The van der Waals surface area contributed by atoms with E-state index in [1.165, 1.54) is 10.3 Å². The van der Waals surface area contributed by atoms with Crippen molar-refractivity contribution in [2.75, 3.05) is 6.54 Å². The van der Waals surface area contributed by atoms with E-state index in [2.05, 4.69) is 17.1 Å². The number of fused-ring (bicyclic) bond motifs is 1. The molecule has 20 heavy (non-hydrogen) atoms. The fourth-order valence-corrected chi connectivity index (χ4v) is 2.96. The molecule has 0 radical (unpaired) electrons. The van der Waals surface area contributed by atoms with E-state index >= 15 is 0 Å². The minimum absolute atomic E-state index is 0.505. The van der Waals surface area contributed by atoms with Gasteiger partial charge in [-0.05, 0) is 42.8 Å². The smallest absolute Gasteiger partial charge is 0.140 e. The van der Waals surface area contributed by atoms with E-state index in [0.29, 0.717) is 13.2 Å². The van der Waals surface area contributed by atoms with Crippen molar-refractivity contribution in [3.63, 3.8) is 0 Å². The molecule has 0 atom stereocenters. The first-order chi connectivity index (χ1) is 9.85. The largest absolute Gasteiger partial charge is 0.486 e. The Kier molecular flexibility index (Phi) is 3.95. The number of hydrogen-bond acceptors (Lipinski definition) is 4. The predicted molar refractivity (Wildman–Crippen MR) is 83.2 cm³/mol. The van der Waals surface area contributed by atoms with Crippen LogP contribution in [0.1, 0.15) is 10.6 Å². The van der Waals surface area contributed by atoms with Crippen molar-refractivity contribution in [2.24, 2.45) is 5.73 Å². The van der Waals surface area contributed by atoms with Crippen LogP contribution in [0.15, 0.2) is 48.5 Å². The Bertz CT molecular complexity index is 675. The van der Waals surface area contributed by atoms with Gasteiger partial charge in [-0.15, -0.1) is 11.3 Å². The van der Waals surface area contributed by atoms with Crippen LogP contribution in [0.4, 0.5) is 0 Å². The third kappa shape index (κ3) is 2.98. The number of ether oxygens (including phenoxy) is 1. The number of thiazole rings is 1. The molecule has 0 aliphatic carbocycles. The van der Waals surface area contributed by atoms with Crippen molar-refractivity contribution in [1.82, 2.24) is 4.98 Å². The summed E-state index contributed by atoms with van der Waals surface area (Å²) in [7, 11) is 0. The van der Waals surface area contributed by atoms with Gasteiger partial charge in [-0.3, -0.25) is 0 Å². The molecular formula is C16H16N2OS. The van der Waals surface area contributed by atoms with Gasteiger partial charge in [-0.2, -0.15) is 0 Å². The first kappa shape index (κ1) is 13.1. The molecule has 0 bridgehead atoms. The number of nitrogens with two attached hydrogens (primary N) is 1. The van der Waals surface area contributed by atoms with E-state index in [1.54, 1.807) is 11.3 Å². The van der Waals surface area contributed by atoms with Crippen molar-refractivity contribution in [3.8, 4) is 5.75 Å². The Morgan fingerprint density at radius 3 is 2.85 bits per heavy atom. The molecule has 0 spiro atoms. The zero-order chi connectivity index (χ0) is 13.8. The third-order valence-corrected chi connectivity index (χ3v) is 4.04. The lowest BCUT2D eigenvalue weighted by atomic mass is 10.1. The third-order valence-electron chi connectivity index (χ3n) is 3.03. The highest BCUT2D eigenvalue weighted by Gasteiger charge is 2.04. The molecule has 0 saturated heterocycles. The van der Waals surface area contributed by atoms with E-state index in [1.807, 2.05) is 36.4 Å². The molecule has 0 unspecified atom stereocenters. The summed E-state index contributed by atoms with van der Waals surface area (Å²) in [4.78, 5) is 4.56. The van der Waals surface area contributed by atoms with E-state index < -0.39 is 0 Å². The van der Waals surface area contributed by atoms with Crippen LogP contribution in [-0.2, 0) is 13.0 Å². The minimum atomic E-state index is 0.505. The first-order valence-corrected chi connectivity index (χ1v) is 7.43. The molecule has 0 fully saturated rings. The molecule has 3 aromatic rings. The number of nitrogens with zero attached hydrogens (tertiary/aromatic N) is 1. The summed E-state index contributed by atoms with van der Waals surface area (Å²) < 4.78 is 7.01. The van der Waals surface area contributed by atoms with Gasteiger partial charge in [0, 0.05) is 0 Å². The molecule has 3 nitrogen and oxygen atoms in total. The van der Waals surface area contributed by atoms with Gasteiger partial charge in [0.1, 0.15) is 17.4 Å². The maximum absolute atomic E-state index is 5.82. The second-order valence-corrected chi connectivity index (χ2v) is 5.67. The Morgan fingerprint density at radius 2 is 2.00 bits per heavy atom. The SMILES string of the molecule is NCCc1cccc(OCc2nc3ccccc3s2)c1. The molecule has 102 valence electrons. The van der Waals surface area contributed by atoms with Crippen molar-refractivity contribution in [3.05, 3.63) is 59.1 Å². The van der Waals surface area contributed by atoms with Gasteiger partial charge >= 0.3 is 0 Å². The van der Waals surface area contributed by atoms with Crippen LogP contribution in [0.5, 0.6) is 5.75 Å². The number of para-hydroxylation sites is 1. The van der Waals surface area contributed by atoms with Gasteiger partial charge in [0.05, 0.1) is 10.2 Å². The quantitative estimate of drug-likeness (QED) is 0.781. The fourth-order valence-electron chi connectivity index (χ4n) is 2.08. The summed E-state index contributed by atoms with van der Waals surface area (Å²) in [5.41, 5.74) is 7.81. The lowest BCUT2D eigenvalue weighted by molar-refractivity contribution is 0.305. The Morgan fingerprint density at radius 1 is 1.10 bits per heavy atom. The van der Waals surface area contributed by atoms with Crippen molar-refractivity contribution in [2.45, 2.75) is 13.0 Å². The highest BCUT2D eigenvalue weighted by atomic mass is 32.1. The van der Waals surface area contributed by atoms with Gasteiger partial charge in [0.2, 0.25) is 0 Å². The van der Waals surface area contributed by atoms with Crippen molar-refractivity contribution >= 4 is 21.6 Å². The van der Waals surface area contributed by atoms with Crippen LogP contribution < -0.4 is 10.5 Å². The molecule has 0 aliphatic rings. The molecular weight excluding hydrogens is 268 g/mol. The van der Waals surface area contributed by atoms with Crippen LogP contribution in [0.2, 0.25) is 0 Å². The summed E-state index contributed by atoms with van der Waals surface area (Å²) in [5, 5.41) is 0.996. The monoisotopic (exact) mass is 284 g/mol. The lowest BCUT2D eigenvalue weighted by Gasteiger charge is -2.05. The number of benzene rings is 2. The molecule has 4 heteroatoms. The molecule has 0 amide bonds. The van der Waals surface area contributed by atoms with Gasteiger partial charge in [-0.1, -0.05) is 24.3 Å². The summed E-state index contributed by atoms with van der Waals surface area (Å²) >= 11 is 1.67. The fraction of sp³-hybridized carbons (Fsp3) is 0.188. The van der Waals surface area contributed by atoms with Crippen LogP contribution in [-0.4, -0.2) is 11.5 Å². The van der Waals surface area contributed by atoms with Crippen LogP contribution >= 0.6 is 11.3 Å². The normalized spacial score (nSPS) is 10.8. The predicted octanol–water partition coefficient (Wildman–Crippen LogP) is 3.38. The highest BCUT2D eigenvalue weighted by Crippen LogP contribution is 2.23. The Hall–Kier alpha value is -1.91. The maximum Gasteiger partial charge on any atom is 0.140 e. The highest BCUT2D eigenvalue weighted by molar-refractivity contribution is 7.18. The van der Waals surface area contributed by atoms with E-state index in [0.717, 1.165) is 22.7 Å². The molecule has 0 aliphatic heterocycles. The lowest BCUT2D eigenvalue weighted by Crippen LogP contribution is -2.03. The van der Waals surface area contributed by atoms with E-state index in [4.69, 9.17) is 10.5 Å². The summed E-state index contributed by atoms with van der Waals surface area (Å²) in [6.07, 6.45) is 0.873. The van der Waals surface area contributed by atoms with Gasteiger partial charge in [0.25, 0.3) is 0 Å². The van der Waals surface area contributed by atoms with Crippen LogP contribution in [0.25, 0.3) is 10.2 Å². The molecule has 2 aromatic carbocycles. The number of hydrogen-bond donors (Lipinski definition) is 1. The zero-order valence-electron chi connectivity index (χ0n) is 11.1. The zero-order valence-corrected chi connectivity index (χ0v) is 11.9. The molecule has 0 saturated carbocycles. The average molecular weight is 284 g/mol.